The molecular formula is C9H18N2O. The predicted molar refractivity (Wildman–Crippen MR) is 51.0 cm³/mol. The van der Waals surface area contributed by atoms with Gasteiger partial charge in [-0.05, 0) is 18.8 Å². The van der Waals surface area contributed by atoms with Gasteiger partial charge in [-0.1, -0.05) is 20.3 Å². The van der Waals surface area contributed by atoms with Crippen molar-refractivity contribution in [1.82, 2.24) is 5.43 Å². The van der Waals surface area contributed by atoms with Gasteiger partial charge in [-0.2, -0.15) is 5.10 Å². The Hall–Kier alpha value is -0.860. The van der Waals surface area contributed by atoms with Crippen molar-refractivity contribution in [1.29, 1.82) is 0 Å². The number of nitrogens with one attached hydrogen (secondary N) is 1. The number of hydrogen-bond donors (Lipinski definition) is 1. The number of hydrazone groups is 1. The first kappa shape index (κ1) is 11.1. The van der Waals surface area contributed by atoms with E-state index in [1.807, 2.05) is 6.21 Å². The average molecular weight is 170 g/mol. The Morgan fingerprint density at radius 3 is 2.67 bits per heavy atom. The Kier molecular flexibility index (Phi) is 6.34. The van der Waals surface area contributed by atoms with Gasteiger partial charge in [0.1, 0.15) is 0 Å². The molecule has 0 aliphatic heterocycles. The molecule has 0 radical (unpaired) electrons. The predicted octanol–water partition coefficient (Wildman–Crippen LogP) is 1.93. The monoisotopic (exact) mass is 170 g/mol. The van der Waals surface area contributed by atoms with E-state index in [-0.39, 0.29) is 5.91 Å². The summed E-state index contributed by atoms with van der Waals surface area (Å²) in [6.07, 6.45) is 5.20. The number of carbonyl (C=O) groups excluding carboxylic acids is 1. The second kappa shape index (κ2) is 6.83. The van der Waals surface area contributed by atoms with E-state index in [9.17, 15) is 4.79 Å². The Balaban J connectivity index is 3.68. The summed E-state index contributed by atoms with van der Waals surface area (Å²) in [5, 5.41) is 3.84. The molecule has 0 rings (SSSR count). The van der Waals surface area contributed by atoms with Crippen molar-refractivity contribution in [3.05, 3.63) is 0 Å². The minimum absolute atomic E-state index is 0.113. The summed E-state index contributed by atoms with van der Waals surface area (Å²) in [4.78, 5) is 10.4. The van der Waals surface area contributed by atoms with Crippen LogP contribution in [0.1, 0.15) is 40.0 Å². The smallest absolute Gasteiger partial charge is 0.236 e. The molecule has 0 aliphatic carbocycles. The molecule has 1 unspecified atom stereocenters. The molecule has 0 aromatic rings. The van der Waals surface area contributed by atoms with Crippen LogP contribution in [0.25, 0.3) is 0 Å². The van der Waals surface area contributed by atoms with Crippen molar-refractivity contribution < 1.29 is 4.79 Å². The largest absolute Gasteiger partial charge is 0.274 e. The number of amides is 1. The van der Waals surface area contributed by atoms with Gasteiger partial charge in [0.2, 0.25) is 5.91 Å². The molecule has 0 bridgehead atoms. The molecule has 1 N–H and O–H groups in total. The van der Waals surface area contributed by atoms with Crippen LogP contribution in [-0.4, -0.2) is 12.1 Å². The highest BCUT2D eigenvalue weighted by Gasteiger charge is 1.99. The molecule has 0 spiro atoms. The lowest BCUT2D eigenvalue weighted by atomic mass is 10.0. The van der Waals surface area contributed by atoms with Gasteiger partial charge < -0.3 is 0 Å². The number of hydrogen-bond acceptors (Lipinski definition) is 2. The zero-order chi connectivity index (χ0) is 9.40. The van der Waals surface area contributed by atoms with Crippen molar-refractivity contribution >= 4 is 12.1 Å². The lowest BCUT2D eigenvalue weighted by Gasteiger charge is -2.05. The van der Waals surface area contributed by atoms with Crippen LogP contribution in [-0.2, 0) is 4.79 Å². The highest BCUT2D eigenvalue weighted by atomic mass is 16.2. The van der Waals surface area contributed by atoms with E-state index in [4.69, 9.17) is 0 Å². The topological polar surface area (TPSA) is 41.5 Å². The lowest BCUT2D eigenvalue weighted by Crippen LogP contribution is -2.14. The fourth-order valence-electron chi connectivity index (χ4n) is 0.988. The van der Waals surface area contributed by atoms with E-state index >= 15 is 0 Å². The van der Waals surface area contributed by atoms with Crippen molar-refractivity contribution in [3.63, 3.8) is 0 Å². The van der Waals surface area contributed by atoms with Crippen LogP contribution in [0.2, 0.25) is 0 Å². The Morgan fingerprint density at radius 1 is 1.58 bits per heavy atom. The van der Waals surface area contributed by atoms with E-state index in [1.165, 1.54) is 6.92 Å². The first-order valence-electron chi connectivity index (χ1n) is 4.50. The first-order valence-corrected chi connectivity index (χ1v) is 4.50. The van der Waals surface area contributed by atoms with Gasteiger partial charge in [-0.25, -0.2) is 5.43 Å². The van der Waals surface area contributed by atoms with Gasteiger partial charge in [0.15, 0.2) is 0 Å². The zero-order valence-electron chi connectivity index (χ0n) is 8.13. The molecule has 0 heterocycles. The average Bonchev–Trinajstić information content (AvgIpc) is 2.02. The second-order valence-corrected chi connectivity index (χ2v) is 2.90. The van der Waals surface area contributed by atoms with Gasteiger partial charge in [0.05, 0.1) is 0 Å². The van der Waals surface area contributed by atoms with Crippen LogP contribution >= 0.6 is 0 Å². The molecule has 0 fully saturated rings. The van der Waals surface area contributed by atoms with Crippen LogP contribution in [0.3, 0.4) is 0 Å². The van der Waals surface area contributed by atoms with Gasteiger partial charge in [0.25, 0.3) is 0 Å². The Bertz CT molecular complexity index is 155. The van der Waals surface area contributed by atoms with E-state index < -0.39 is 0 Å². The molecule has 0 aliphatic rings. The summed E-state index contributed by atoms with van der Waals surface area (Å²) in [6.45, 7) is 5.73. The summed E-state index contributed by atoms with van der Waals surface area (Å²) in [6, 6.07) is 0. The van der Waals surface area contributed by atoms with Crippen molar-refractivity contribution in [2.45, 2.75) is 40.0 Å². The molecular weight excluding hydrogens is 152 g/mol. The third-order valence-electron chi connectivity index (χ3n) is 1.69. The van der Waals surface area contributed by atoms with Crippen LogP contribution in [0.5, 0.6) is 0 Å². The molecule has 12 heavy (non-hydrogen) atoms. The normalized spacial score (nSPS) is 13.2. The van der Waals surface area contributed by atoms with Crippen LogP contribution in [0, 0.1) is 5.92 Å². The van der Waals surface area contributed by atoms with Gasteiger partial charge in [0, 0.05) is 13.1 Å². The molecule has 70 valence electrons. The minimum atomic E-state index is -0.113. The summed E-state index contributed by atoms with van der Waals surface area (Å²) < 4.78 is 0. The fourth-order valence-corrected chi connectivity index (χ4v) is 0.988. The zero-order valence-corrected chi connectivity index (χ0v) is 8.13. The molecule has 1 amide bonds. The Morgan fingerprint density at radius 2 is 2.25 bits per heavy atom. The lowest BCUT2D eigenvalue weighted by molar-refractivity contribution is -0.118. The third-order valence-corrected chi connectivity index (χ3v) is 1.69. The number of carbonyl (C=O) groups is 1. The molecule has 3 heteroatoms. The molecule has 0 aromatic heterocycles. The van der Waals surface area contributed by atoms with Gasteiger partial charge in [-0.3, -0.25) is 4.79 Å². The molecule has 0 saturated heterocycles. The summed E-state index contributed by atoms with van der Waals surface area (Å²) >= 11 is 0. The standard InChI is InChI=1S/C9H18N2O/c1-4-6-9(5-2)7-10-11-8(3)12/h7,9H,4-6H2,1-3H3,(H,11,12)/b10-7+. The maximum Gasteiger partial charge on any atom is 0.236 e. The maximum absolute atomic E-state index is 10.4. The highest BCUT2D eigenvalue weighted by Crippen LogP contribution is 2.06. The Labute approximate surface area is 74.2 Å². The van der Waals surface area contributed by atoms with E-state index in [2.05, 4.69) is 24.4 Å². The third kappa shape index (κ3) is 5.89. The van der Waals surface area contributed by atoms with Crippen molar-refractivity contribution in [3.8, 4) is 0 Å². The highest BCUT2D eigenvalue weighted by molar-refractivity contribution is 5.74. The number of nitrogens with zero attached hydrogens (tertiary/aromatic N) is 1. The second-order valence-electron chi connectivity index (χ2n) is 2.90. The van der Waals surface area contributed by atoms with Crippen molar-refractivity contribution in [2.24, 2.45) is 11.0 Å². The SMILES string of the molecule is CCCC(/C=N/NC(C)=O)CC. The van der Waals surface area contributed by atoms with Gasteiger partial charge >= 0.3 is 0 Å². The van der Waals surface area contributed by atoms with E-state index in [0.29, 0.717) is 5.92 Å². The summed E-state index contributed by atoms with van der Waals surface area (Å²) in [7, 11) is 0. The quantitative estimate of drug-likeness (QED) is 0.497. The first-order chi connectivity index (χ1) is 5.70. The minimum Gasteiger partial charge on any atom is -0.274 e. The summed E-state index contributed by atoms with van der Waals surface area (Å²) in [5.74, 6) is 0.388. The number of rotatable bonds is 5. The van der Waals surface area contributed by atoms with Crippen LogP contribution < -0.4 is 5.43 Å². The molecule has 1 atom stereocenters. The van der Waals surface area contributed by atoms with Crippen LogP contribution in [0.4, 0.5) is 0 Å². The van der Waals surface area contributed by atoms with Crippen LogP contribution in [0.15, 0.2) is 5.10 Å². The van der Waals surface area contributed by atoms with Crippen molar-refractivity contribution in [2.75, 3.05) is 0 Å². The van der Waals surface area contributed by atoms with E-state index in [1.54, 1.807) is 0 Å². The summed E-state index contributed by atoms with van der Waals surface area (Å²) in [5.41, 5.74) is 2.40. The fraction of sp³-hybridized carbons (Fsp3) is 0.778. The van der Waals surface area contributed by atoms with Gasteiger partial charge in [-0.15, -0.1) is 0 Å². The van der Waals surface area contributed by atoms with E-state index in [0.717, 1.165) is 19.3 Å². The maximum atomic E-state index is 10.4. The molecule has 0 saturated carbocycles. The molecule has 3 nitrogen and oxygen atoms in total. The molecule has 0 aromatic carbocycles.